The summed E-state index contributed by atoms with van der Waals surface area (Å²) >= 11 is 0. The van der Waals surface area contributed by atoms with Crippen molar-refractivity contribution >= 4 is 5.95 Å². The number of hydrogen-bond acceptors (Lipinski definition) is 4. The Morgan fingerprint density at radius 1 is 1.41 bits per heavy atom. The molecule has 1 fully saturated rings. The summed E-state index contributed by atoms with van der Waals surface area (Å²) in [5.41, 5.74) is 6.87. The first-order valence-corrected chi connectivity index (χ1v) is 6.39. The molecule has 0 spiro atoms. The average molecular weight is 234 g/mol. The molecule has 2 N–H and O–H groups in total. The highest BCUT2D eigenvalue weighted by Gasteiger charge is 2.27. The van der Waals surface area contributed by atoms with Crippen LogP contribution in [-0.4, -0.2) is 28.6 Å². The minimum Gasteiger partial charge on any atom is -0.338 e. The molecule has 1 saturated heterocycles. The Morgan fingerprint density at radius 3 is 2.53 bits per heavy atom. The lowest BCUT2D eigenvalue weighted by atomic mass is 10.1. The number of anilines is 1. The molecule has 0 amide bonds. The highest BCUT2D eigenvalue weighted by molar-refractivity contribution is 5.33. The molecule has 1 aromatic heterocycles. The van der Waals surface area contributed by atoms with E-state index in [9.17, 15) is 0 Å². The third-order valence-electron chi connectivity index (χ3n) is 3.29. The largest absolute Gasteiger partial charge is 0.338 e. The zero-order valence-electron chi connectivity index (χ0n) is 10.9. The monoisotopic (exact) mass is 234 g/mol. The second kappa shape index (κ2) is 5.00. The Labute approximate surface area is 103 Å². The molecule has 3 atom stereocenters. The maximum Gasteiger partial charge on any atom is 0.225 e. The lowest BCUT2D eigenvalue weighted by Gasteiger charge is -2.21. The van der Waals surface area contributed by atoms with Crippen LogP contribution in [0.4, 0.5) is 5.95 Å². The molecule has 17 heavy (non-hydrogen) atoms. The second-order valence-corrected chi connectivity index (χ2v) is 5.41. The van der Waals surface area contributed by atoms with Gasteiger partial charge in [0.25, 0.3) is 0 Å². The van der Waals surface area contributed by atoms with Gasteiger partial charge in [0.05, 0.1) is 0 Å². The fraction of sp³-hybridized carbons (Fsp3) is 0.692. The van der Waals surface area contributed by atoms with E-state index in [-0.39, 0.29) is 6.04 Å². The molecule has 1 aliphatic rings. The molecule has 0 saturated carbocycles. The van der Waals surface area contributed by atoms with Crippen LogP contribution in [0.25, 0.3) is 0 Å². The summed E-state index contributed by atoms with van der Waals surface area (Å²) in [4.78, 5) is 11.2. The van der Waals surface area contributed by atoms with Gasteiger partial charge in [0, 0.05) is 31.0 Å². The van der Waals surface area contributed by atoms with Crippen LogP contribution >= 0.6 is 0 Å². The van der Waals surface area contributed by atoms with Gasteiger partial charge in [-0.15, -0.1) is 0 Å². The quantitative estimate of drug-likeness (QED) is 0.863. The topological polar surface area (TPSA) is 55.0 Å². The molecule has 4 heteroatoms. The van der Waals surface area contributed by atoms with Gasteiger partial charge in [-0.3, -0.25) is 0 Å². The minimum absolute atomic E-state index is 0.162. The summed E-state index contributed by atoms with van der Waals surface area (Å²) in [7, 11) is 0. The van der Waals surface area contributed by atoms with Crippen LogP contribution in [0.3, 0.4) is 0 Å². The van der Waals surface area contributed by atoms with E-state index >= 15 is 0 Å². The Balaban J connectivity index is 2.07. The van der Waals surface area contributed by atoms with Crippen molar-refractivity contribution in [1.82, 2.24) is 9.97 Å². The molecule has 0 bridgehead atoms. The number of aromatic nitrogens is 2. The second-order valence-electron chi connectivity index (χ2n) is 5.41. The van der Waals surface area contributed by atoms with Crippen molar-refractivity contribution in [1.29, 1.82) is 0 Å². The normalized spacial score (nSPS) is 26.2. The van der Waals surface area contributed by atoms with Crippen LogP contribution in [0.1, 0.15) is 32.8 Å². The SMILES string of the molecule is CC(N)Cc1cnc(N2CC(C)CC2C)nc1. The van der Waals surface area contributed by atoms with Gasteiger partial charge in [0.15, 0.2) is 0 Å². The summed E-state index contributed by atoms with van der Waals surface area (Å²) in [5, 5.41) is 0. The molecule has 2 heterocycles. The van der Waals surface area contributed by atoms with Crippen molar-refractivity contribution in [2.24, 2.45) is 11.7 Å². The van der Waals surface area contributed by atoms with Gasteiger partial charge < -0.3 is 10.6 Å². The standard InChI is InChI=1S/C13H22N4/c1-9-4-11(3)17(8-9)13-15-6-12(7-16-13)5-10(2)14/h6-7,9-11H,4-5,8,14H2,1-3H3. The highest BCUT2D eigenvalue weighted by Crippen LogP contribution is 2.25. The molecule has 4 nitrogen and oxygen atoms in total. The molecule has 0 radical (unpaired) electrons. The fourth-order valence-electron chi connectivity index (χ4n) is 2.55. The van der Waals surface area contributed by atoms with Gasteiger partial charge in [-0.05, 0) is 38.2 Å². The van der Waals surface area contributed by atoms with E-state index in [2.05, 4.69) is 28.7 Å². The Bertz CT molecular complexity index is 360. The lowest BCUT2D eigenvalue weighted by Crippen LogP contribution is -2.28. The third-order valence-corrected chi connectivity index (χ3v) is 3.29. The van der Waals surface area contributed by atoms with E-state index in [1.54, 1.807) is 0 Å². The molecule has 3 unspecified atom stereocenters. The molecular weight excluding hydrogens is 212 g/mol. The van der Waals surface area contributed by atoms with Gasteiger partial charge in [-0.1, -0.05) is 6.92 Å². The van der Waals surface area contributed by atoms with Crippen molar-refractivity contribution < 1.29 is 0 Å². The summed E-state index contributed by atoms with van der Waals surface area (Å²) in [5.74, 6) is 1.59. The number of nitrogens with two attached hydrogens (primary N) is 1. The third kappa shape index (κ3) is 2.94. The van der Waals surface area contributed by atoms with Crippen molar-refractivity contribution in [3.05, 3.63) is 18.0 Å². The number of hydrogen-bond donors (Lipinski definition) is 1. The summed E-state index contributed by atoms with van der Waals surface area (Å²) < 4.78 is 0. The molecule has 0 aliphatic carbocycles. The number of nitrogens with zero attached hydrogens (tertiary/aromatic N) is 3. The van der Waals surface area contributed by atoms with Crippen LogP contribution in [0.15, 0.2) is 12.4 Å². The van der Waals surface area contributed by atoms with Crippen molar-refractivity contribution in [2.45, 2.75) is 45.7 Å². The van der Waals surface area contributed by atoms with Crippen LogP contribution < -0.4 is 10.6 Å². The van der Waals surface area contributed by atoms with Crippen LogP contribution in [-0.2, 0) is 6.42 Å². The zero-order chi connectivity index (χ0) is 12.4. The lowest BCUT2D eigenvalue weighted by molar-refractivity contribution is 0.624. The first kappa shape index (κ1) is 12.3. The zero-order valence-corrected chi connectivity index (χ0v) is 10.9. The van der Waals surface area contributed by atoms with Gasteiger partial charge in [-0.2, -0.15) is 0 Å². The summed E-state index contributed by atoms with van der Waals surface area (Å²) in [6.45, 7) is 7.58. The van der Waals surface area contributed by atoms with Gasteiger partial charge in [0.1, 0.15) is 0 Å². The van der Waals surface area contributed by atoms with Gasteiger partial charge in [-0.25, -0.2) is 9.97 Å². The van der Waals surface area contributed by atoms with Gasteiger partial charge >= 0.3 is 0 Å². The predicted octanol–water partition coefficient (Wildman–Crippen LogP) is 1.60. The average Bonchev–Trinajstić information content (AvgIpc) is 2.58. The van der Waals surface area contributed by atoms with Crippen LogP contribution in [0, 0.1) is 5.92 Å². The molecule has 1 aliphatic heterocycles. The molecule has 1 aromatic rings. The highest BCUT2D eigenvalue weighted by atomic mass is 15.3. The Hall–Kier alpha value is -1.16. The van der Waals surface area contributed by atoms with Crippen LogP contribution in [0.5, 0.6) is 0 Å². The fourth-order valence-corrected chi connectivity index (χ4v) is 2.55. The van der Waals surface area contributed by atoms with E-state index in [1.807, 2.05) is 19.3 Å². The van der Waals surface area contributed by atoms with E-state index < -0.39 is 0 Å². The molecule has 94 valence electrons. The first-order chi connectivity index (χ1) is 8.06. The van der Waals surface area contributed by atoms with E-state index in [0.29, 0.717) is 6.04 Å². The maximum atomic E-state index is 5.76. The van der Waals surface area contributed by atoms with E-state index in [4.69, 9.17) is 5.73 Å². The van der Waals surface area contributed by atoms with Gasteiger partial charge in [0.2, 0.25) is 5.95 Å². The smallest absolute Gasteiger partial charge is 0.225 e. The maximum absolute atomic E-state index is 5.76. The van der Waals surface area contributed by atoms with E-state index in [1.165, 1.54) is 6.42 Å². The molecule has 0 aromatic carbocycles. The summed E-state index contributed by atoms with van der Waals surface area (Å²) in [6.07, 6.45) is 5.87. The molecule has 2 rings (SSSR count). The first-order valence-electron chi connectivity index (χ1n) is 6.39. The van der Waals surface area contributed by atoms with Crippen molar-refractivity contribution in [3.8, 4) is 0 Å². The van der Waals surface area contributed by atoms with Crippen molar-refractivity contribution in [2.75, 3.05) is 11.4 Å². The van der Waals surface area contributed by atoms with E-state index in [0.717, 1.165) is 30.4 Å². The van der Waals surface area contributed by atoms with Crippen LogP contribution in [0.2, 0.25) is 0 Å². The predicted molar refractivity (Wildman–Crippen MR) is 70.0 cm³/mol. The Kier molecular flexibility index (Phi) is 3.62. The summed E-state index contributed by atoms with van der Waals surface area (Å²) in [6, 6.07) is 0.708. The molecular formula is C13H22N4. The number of rotatable bonds is 3. The van der Waals surface area contributed by atoms with Crippen molar-refractivity contribution in [3.63, 3.8) is 0 Å². The Morgan fingerprint density at radius 2 is 2.06 bits per heavy atom. The minimum atomic E-state index is 0.162.